The molecule has 2 bridgehead atoms. The lowest BCUT2D eigenvalue weighted by Crippen LogP contribution is -2.27. The normalized spacial score (nSPS) is 15.4. The van der Waals surface area contributed by atoms with Crippen LogP contribution in [0.25, 0.3) is 16.7 Å². The average Bonchev–Trinajstić information content (AvgIpc) is 2.78. The number of pyridine rings is 1. The minimum atomic E-state index is -0.612. The Hall–Kier alpha value is -3.64. The monoisotopic (exact) mass is 489 g/mol. The van der Waals surface area contributed by atoms with Crippen LogP contribution < -0.4 is 10.6 Å². The zero-order valence-electron chi connectivity index (χ0n) is 20.0. The molecule has 2 amide bonds. The van der Waals surface area contributed by atoms with Gasteiger partial charge in [-0.1, -0.05) is 41.9 Å². The van der Waals surface area contributed by atoms with Crippen LogP contribution in [0.3, 0.4) is 0 Å². The van der Waals surface area contributed by atoms with Gasteiger partial charge in [0.1, 0.15) is 5.60 Å². The van der Waals surface area contributed by atoms with E-state index in [9.17, 15) is 9.59 Å². The number of benzene rings is 2. The topological polar surface area (TPSA) is 80.3 Å². The molecule has 0 unspecified atom stereocenters. The zero-order valence-corrected chi connectivity index (χ0v) is 20.8. The third kappa shape index (κ3) is 6.49. The van der Waals surface area contributed by atoms with Crippen molar-refractivity contribution >= 4 is 40.5 Å². The molecular formula is C28H28ClN3O3. The number of nitrogens with zero attached hydrogens (tertiary/aromatic N) is 1. The Balaban J connectivity index is 1.74. The summed E-state index contributed by atoms with van der Waals surface area (Å²) in [6.07, 6.45) is 5.00. The third-order valence-corrected chi connectivity index (χ3v) is 5.61. The Kier molecular flexibility index (Phi) is 7.22. The molecule has 0 atom stereocenters. The molecule has 1 aromatic heterocycles. The van der Waals surface area contributed by atoms with Gasteiger partial charge in [0.15, 0.2) is 0 Å². The first-order chi connectivity index (χ1) is 16.7. The van der Waals surface area contributed by atoms with Crippen molar-refractivity contribution < 1.29 is 14.3 Å². The number of ether oxygens (including phenoxy) is 1. The van der Waals surface area contributed by atoms with Crippen molar-refractivity contribution in [3.8, 4) is 11.1 Å². The summed E-state index contributed by atoms with van der Waals surface area (Å²) in [5, 5.41) is 6.35. The van der Waals surface area contributed by atoms with E-state index in [0.29, 0.717) is 29.2 Å². The van der Waals surface area contributed by atoms with E-state index in [0.717, 1.165) is 34.4 Å². The van der Waals surface area contributed by atoms with Crippen LogP contribution in [0.4, 0.5) is 16.2 Å². The lowest BCUT2D eigenvalue weighted by molar-refractivity contribution is -0.116. The third-order valence-electron chi connectivity index (χ3n) is 5.38. The molecule has 3 aromatic rings. The second-order valence-corrected chi connectivity index (χ2v) is 9.82. The number of nitrogens with one attached hydrogen (secondary N) is 2. The summed E-state index contributed by atoms with van der Waals surface area (Å²) in [5.74, 6) is -0.0861. The van der Waals surface area contributed by atoms with E-state index in [1.165, 1.54) is 0 Å². The molecule has 35 heavy (non-hydrogen) atoms. The van der Waals surface area contributed by atoms with Gasteiger partial charge < -0.3 is 10.1 Å². The highest BCUT2D eigenvalue weighted by molar-refractivity contribution is 6.30. The van der Waals surface area contributed by atoms with E-state index in [2.05, 4.69) is 27.8 Å². The van der Waals surface area contributed by atoms with Crippen LogP contribution in [0.1, 0.15) is 51.3 Å². The lowest BCUT2D eigenvalue weighted by atomic mass is 9.94. The number of amides is 2. The summed E-state index contributed by atoms with van der Waals surface area (Å²) in [6, 6.07) is 17.3. The van der Waals surface area contributed by atoms with Gasteiger partial charge in [0.25, 0.3) is 0 Å². The van der Waals surface area contributed by atoms with Gasteiger partial charge in [-0.05, 0) is 75.1 Å². The summed E-state index contributed by atoms with van der Waals surface area (Å²) in [7, 11) is 0. The van der Waals surface area contributed by atoms with E-state index >= 15 is 0 Å². The number of anilines is 2. The van der Waals surface area contributed by atoms with Gasteiger partial charge in [-0.3, -0.25) is 15.1 Å². The molecule has 1 aliphatic rings. The fourth-order valence-electron chi connectivity index (χ4n) is 3.88. The predicted molar refractivity (Wildman–Crippen MR) is 141 cm³/mol. The summed E-state index contributed by atoms with van der Waals surface area (Å²) >= 11 is 6.05. The maximum absolute atomic E-state index is 12.7. The van der Waals surface area contributed by atoms with Crippen LogP contribution in [-0.4, -0.2) is 22.6 Å². The molecule has 0 fully saturated rings. The summed E-state index contributed by atoms with van der Waals surface area (Å²) < 4.78 is 5.36. The van der Waals surface area contributed by atoms with Crippen LogP contribution >= 0.6 is 11.6 Å². The Morgan fingerprint density at radius 3 is 2.63 bits per heavy atom. The first-order valence-electron chi connectivity index (χ1n) is 11.5. The van der Waals surface area contributed by atoms with Gasteiger partial charge >= 0.3 is 6.09 Å². The molecule has 1 aliphatic heterocycles. The smallest absolute Gasteiger partial charge is 0.412 e. The average molecular weight is 490 g/mol. The second-order valence-electron chi connectivity index (χ2n) is 9.39. The number of aromatic nitrogens is 1. The Labute approximate surface area is 210 Å². The van der Waals surface area contributed by atoms with E-state index in [1.807, 2.05) is 36.4 Å². The number of hydrogen-bond acceptors (Lipinski definition) is 4. The molecule has 2 aromatic carbocycles. The minimum Gasteiger partial charge on any atom is -0.444 e. The molecule has 0 saturated carbocycles. The standard InChI is InChI=1S/C28H28ClN3O3/c1-28(2,3)35-27(34)31-21-12-13-23-19-8-6-7-18(15-19)22(24-14-11-20(29)17-30-24)9-4-5-10-26(33)32-25(23)16-21/h6-9,11-17H,4-5,10H2,1-3H3,(H,31,34)(H,32,33)/b22-9+. The number of fused-ring (bicyclic) bond motifs is 4. The molecule has 180 valence electrons. The van der Waals surface area contributed by atoms with Crippen LogP contribution in [0.15, 0.2) is 66.9 Å². The molecule has 2 heterocycles. The first kappa shape index (κ1) is 24.5. The van der Waals surface area contributed by atoms with Crippen molar-refractivity contribution in [1.29, 1.82) is 0 Å². The number of allylic oxidation sites excluding steroid dienone is 1. The fraction of sp³-hybridized carbons (Fsp3) is 0.250. The predicted octanol–water partition coefficient (Wildman–Crippen LogP) is 7.30. The van der Waals surface area contributed by atoms with Gasteiger partial charge in [0.05, 0.1) is 16.4 Å². The van der Waals surface area contributed by atoms with Crippen molar-refractivity contribution in [2.45, 2.75) is 45.6 Å². The highest BCUT2D eigenvalue weighted by Gasteiger charge is 2.18. The molecule has 0 aliphatic carbocycles. The van der Waals surface area contributed by atoms with Gasteiger partial charge in [0.2, 0.25) is 5.91 Å². The van der Waals surface area contributed by atoms with E-state index < -0.39 is 11.7 Å². The van der Waals surface area contributed by atoms with Crippen molar-refractivity contribution in [2.24, 2.45) is 0 Å². The molecule has 0 saturated heterocycles. The number of hydrogen-bond donors (Lipinski definition) is 2. The largest absolute Gasteiger partial charge is 0.444 e. The second kappa shape index (κ2) is 10.3. The summed E-state index contributed by atoms with van der Waals surface area (Å²) in [6.45, 7) is 5.42. The highest BCUT2D eigenvalue weighted by atomic mass is 35.5. The Bertz CT molecular complexity index is 1280. The molecule has 0 radical (unpaired) electrons. The van der Waals surface area contributed by atoms with Crippen LogP contribution in [0.5, 0.6) is 0 Å². The SMILES string of the molecule is CC(C)(C)OC(=O)Nc1ccc2c(c1)NC(=O)CCC/C=C(/c1ccc(Cl)cn1)c1cccc-2c1. The summed E-state index contributed by atoms with van der Waals surface area (Å²) in [4.78, 5) is 29.5. The fourth-order valence-corrected chi connectivity index (χ4v) is 3.99. The minimum absolute atomic E-state index is 0.0861. The van der Waals surface area contributed by atoms with Crippen molar-refractivity contribution in [3.63, 3.8) is 0 Å². The molecule has 4 rings (SSSR count). The quantitative estimate of drug-likeness (QED) is 0.395. The van der Waals surface area contributed by atoms with Crippen molar-refractivity contribution in [1.82, 2.24) is 4.98 Å². The van der Waals surface area contributed by atoms with Gasteiger partial charge in [-0.15, -0.1) is 0 Å². The van der Waals surface area contributed by atoms with Gasteiger partial charge in [-0.25, -0.2) is 4.79 Å². The van der Waals surface area contributed by atoms with E-state index in [4.69, 9.17) is 16.3 Å². The Morgan fingerprint density at radius 2 is 1.89 bits per heavy atom. The van der Waals surface area contributed by atoms with E-state index in [-0.39, 0.29) is 5.91 Å². The molecular weight excluding hydrogens is 462 g/mol. The van der Waals surface area contributed by atoms with E-state index in [1.54, 1.807) is 39.1 Å². The van der Waals surface area contributed by atoms with Crippen LogP contribution in [-0.2, 0) is 9.53 Å². The first-order valence-corrected chi connectivity index (χ1v) is 11.9. The van der Waals surface area contributed by atoms with Crippen LogP contribution in [0.2, 0.25) is 5.02 Å². The number of rotatable bonds is 2. The maximum atomic E-state index is 12.7. The number of carbonyl (C=O) groups is 2. The van der Waals surface area contributed by atoms with Gasteiger partial charge in [-0.2, -0.15) is 0 Å². The van der Waals surface area contributed by atoms with Gasteiger partial charge in [0, 0.05) is 29.4 Å². The molecule has 7 heteroatoms. The Morgan fingerprint density at radius 1 is 1.09 bits per heavy atom. The van der Waals surface area contributed by atoms with Crippen LogP contribution in [0, 0.1) is 0 Å². The lowest BCUT2D eigenvalue weighted by Gasteiger charge is -2.20. The summed E-state index contributed by atoms with van der Waals surface area (Å²) in [5.41, 5.74) is 5.16. The highest BCUT2D eigenvalue weighted by Crippen LogP contribution is 2.34. The van der Waals surface area contributed by atoms with Crippen molar-refractivity contribution in [2.75, 3.05) is 10.6 Å². The molecule has 6 nitrogen and oxygen atoms in total. The molecule has 2 N–H and O–H groups in total. The maximum Gasteiger partial charge on any atom is 0.412 e. The molecule has 0 spiro atoms. The van der Waals surface area contributed by atoms with Crippen molar-refractivity contribution in [3.05, 3.63) is 83.2 Å². The number of halogens is 1. The number of carbonyl (C=O) groups excluding carboxylic acids is 2. The zero-order chi connectivity index (χ0) is 25.0.